The molecular formula is C17H17FN2O. The Bertz CT molecular complexity index is 647. The van der Waals surface area contributed by atoms with E-state index in [-0.39, 0.29) is 18.5 Å². The molecule has 0 spiro atoms. The standard InChI is InChI=1S/C17H17FN2O/c1-2-17(20)12-4-7-16(8-5-12)21-11-14-9-15(18)6-3-13(14)10-19/h3-9,17H,2,11,20H2,1H3/t17-/m0/s1. The smallest absolute Gasteiger partial charge is 0.123 e. The van der Waals surface area contributed by atoms with Gasteiger partial charge >= 0.3 is 0 Å². The van der Waals surface area contributed by atoms with Gasteiger partial charge in [0.25, 0.3) is 0 Å². The zero-order valence-corrected chi connectivity index (χ0v) is 11.8. The summed E-state index contributed by atoms with van der Waals surface area (Å²) in [6.07, 6.45) is 0.870. The lowest BCUT2D eigenvalue weighted by atomic mass is 10.1. The zero-order valence-electron chi connectivity index (χ0n) is 11.8. The highest BCUT2D eigenvalue weighted by Gasteiger charge is 2.06. The average Bonchev–Trinajstić information content (AvgIpc) is 2.52. The van der Waals surface area contributed by atoms with Crippen molar-refractivity contribution in [3.8, 4) is 11.8 Å². The second kappa shape index (κ2) is 6.87. The number of nitrogens with zero attached hydrogens (tertiary/aromatic N) is 1. The van der Waals surface area contributed by atoms with E-state index in [0.29, 0.717) is 16.9 Å². The molecule has 108 valence electrons. The Labute approximate surface area is 123 Å². The van der Waals surface area contributed by atoms with Crippen molar-refractivity contribution in [2.45, 2.75) is 26.0 Å². The molecule has 0 saturated carbocycles. The molecule has 21 heavy (non-hydrogen) atoms. The van der Waals surface area contributed by atoms with Crippen molar-refractivity contribution in [1.82, 2.24) is 0 Å². The third-order valence-electron chi connectivity index (χ3n) is 3.33. The second-order valence-corrected chi connectivity index (χ2v) is 4.79. The molecule has 2 rings (SSSR count). The van der Waals surface area contributed by atoms with Crippen LogP contribution in [0.3, 0.4) is 0 Å². The van der Waals surface area contributed by atoms with Crippen molar-refractivity contribution in [2.24, 2.45) is 5.73 Å². The molecule has 0 aliphatic heterocycles. The predicted molar refractivity (Wildman–Crippen MR) is 79.1 cm³/mol. The van der Waals surface area contributed by atoms with E-state index in [2.05, 4.69) is 0 Å². The molecule has 3 nitrogen and oxygen atoms in total. The number of hydrogen-bond acceptors (Lipinski definition) is 3. The SMILES string of the molecule is CC[C@H](N)c1ccc(OCc2cc(F)ccc2C#N)cc1. The van der Waals surface area contributed by atoms with Crippen LogP contribution in [0, 0.1) is 17.1 Å². The number of ether oxygens (including phenoxy) is 1. The zero-order chi connectivity index (χ0) is 15.2. The van der Waals surface area contributed by atoms with E-state index in [1.807, 2.05) is 37.3 Å². The van der Waals surface area contributed by atoms with Crippen LogP contribution in [0.1, 0.15) is 36.1 Å². The summed E-state index contributed by atoms with van der Waals surface area (Å²) in [6, 6.07) is 13.6. The maximum atomic E-state index is 13.2. The van der Waals surface area contributed by atoms with E-state index in [0.717, 1.165) is 12.0 Å². The molecule has 0 unspecified atom stereocenters. The Morgan fingerprint density at radius 2 is 1.95 bits per heavy atom. The minimum absolute atomic E-state index is 0.0208. The van der Waals surface area contributed by atoms with E-state index in [4.69, 9.17) is 15.7 Å². The molecule has 0 amide bonds. The van der Waals surface area contributed by atoms with Gasteiger partial charge < -0.3 is 10.5 Å². The highest BCUT2D eigenvalue weighted by Crippen LogP contribution is 2.20. The van der Waals surface area contributed by atoms with Crippen LogP contribution in [0.4, 0.5) is 4.39 Å². The molecular weight excluding hydrogens is 267 g/mol. The predicted octanol–water partition coefficient (Wildman–Crippen LogP) is 3.69. The highest BCUT2D eigenvalue weighted by atomic mass is 19.1. The first kappa shape index (κ1) is 15.0. The summed E-state index contributed by atoms with van der Waals surface area (Å²) >= 11 is 0. The van der Waals surface area contributed by atoms with Crippen molar-refractivity contribution < 1.29 is 9.13 Å². The molecule has 0 aliphatic carbocycles. The average molecular weight is 284 g/mol. The number of nitrogens with two attached hydrogens (primary N) is 1. The number of hydrogen-bond donors (Lipinski definition) is 1. The van der Waals surface area contributed by atoms with Gasteiger partial charge in [-0.3, -0.25) is 0 Å². The lowest BCUT2D eigenvalue weighted by molar-refractivity contribution is 0.305. The summed E-state index contributed by atoms with van der Waals surface area (Å²) in [5.41, 5.74) is 7.95. The molecule has 0 aliphatic rings. The molecule has 0 heterocycles. The van der Waals surface area contributed by atoms with Gasteiger partial charge in [0.1, 0.15) is 18.2 Å². The number of halogens is 1. The summed E-state index contributed by atoms with van der Waals surface area (Å²) in [5.74, 6) is 0.284. The molecule has 4 heteroatoms. The summed E-state index contributed by atoms with van der Waals surface area (Å²) < 4.78 is 18.8. The van der Waals surface area contributed by atoms with Crippen LogP contribution < -0.4 is 10.5 Å². The van der Waals surface area contributed by atoms with Crippen LogP contribution in [0.5, 0.6) is 5.75 Å². The maximum Gasteiger partial charge on any atom is 0.123 e. The van der Waals surface area contributed by atoms with E-state index >= 15 is 0 Å². The van der Waals surface area contributed by atoms with Gasteiger partial charge in [-0.2, -0.15) is 5.26 Å². The maximum absolute atomic E-state index is 13.2. The number of rotatable bonds is 5. The first-order chi connectivity index (χ1) is 10.1. The third-order valence-corrected chi connectivity index (χ3v) is 3.33. The molecule has 1 atom stereocenters. The Morgan fingerprint density at radius 1 is 1.24 bits per heavy atom. The molecule has 0 saturated heterocycles. The summed E-state index contributed by atoms with van der Waals surface area (Å²) in [6.45, 7) is 2.18. The molecule has 0 aromatic heterocycles. The van der Waals surface area contributed by atoms with Crippen molar-refractivity contribution in [2.75, 3.05) is 0 Å². The van der Waals surface area contributed by atoms with E-state index < -0.39 is 0 Å². The highest BCUT2D eigenvalue weighted by molar-refractivity contribution is 5.38. The van der Waals surface area contributed by atoms with Crippen LogP contribution in [0.15, 0.2) is 42.5 Å². The van der Waals surface area contributed by atoms with Gasteiger partial charge in [-0.1, -0.05) is 19.1 Å². The van der Waals surface area contributed by atoms with Gasteiger partial charge in [-0.25, -0.2) is 4.39 Å². The Hall–Kier alpha value is -2.38. The molecule has 0 fully saturated rings. The van der Waals surface area contributed by atoms with Crippen molar-refractivity contribution >= 4 is 0 Å². The summed E-state index contributed by atoms with van der Waals surface area (Å²) in [5, 5.41) is 8.99. The Kier molecular flexibility index (Phi) is 4.91. The van der Waals surface area contributed by atoms with E-state index in [1.54, 1.807) is 0 Å². The molecule has 2 N–H and O–H groups in total. The van der Waals surface area contributed by atoms with Crippen LogP contribution in [0.2, 0.25) is 0 Å². The van der Waals surface area contributed by atoms with Gasteiger partial charge in [0.2, 0.25) is 0 Å². The fraction of sp³-hybridized carbons (Fsp3) is 0.235. The first-order valence-corrected chi connectivity index (χ1v) is 6.81. The molecule has 0 radical (unpaired) electrons. The van der Waals surface area contributed by atoms with Crippen LogP contribution >= 0.6 is 0 Å². The minimum atomic E-state index is -0.378. The number of nitriles is 1. The lowest BCUT2D eigenvalue weighted by Crippen LogP contribution is -2.08. The largest absolute Gasteiger partial charge is 0.489 e. The fourth-order valence-electron chi connectivity index (χ4n) is 2.00. The van der Waals surface area contributed by atoms with E-state index in [9.17, 15) is 4.39 Å². The Balaban J connectivity index is 2.07. The topological polar surface area (TPSA) is 59.0 Å². The third kappa shape index (κ3) is 3.80. The van der Waals surface area contributed by atoms with Crippen molar-refractivity contribution in [3.63, 3.8) is 0 Å². The number of benzene rings is 2. The fourth-order valence-corrected chi connectivity index (χ4v) is 2.00. The quantitative estimate of drug-likeness (QED) is 0.911. The minimum Gasteiger partial charge on any atom is -0.489 e. The second-order valence-electron chi connectivity index (χ2n) is 4.79. The molecule has 0 bridgehead atoms. The summed E-state index contributed by atoms with van der Waals surface area (Å²) in [7, 11) is 0. The van der Waals surface area contributed by atoms with Gasteiger partial charge in [0, 0.05) is 11.6 Å². The van der Waals surface area contributed by atoms with Gasteiger partial charge in [-0.05, 0) is 42.3 Å². The van der Waals surface area contributed by atoms with Crippen LogP contribution in [-0.4, -0.2) is 0 Å². The summed E-state index contributed by atoms with van der Waals surface area (Å²) in [4.78, 5) is 0. The monoisotopic (exact) mass is 284 g/mol. The van der Waals surface area contributed by atoms with Crippen molar-refractivity contribution in [1.29, 1.82) is 5.26 Å². The van der Waals surface area contributed by atoms with Crippen molar-refractivity contribution in [3.05, 3.63) is 65.0 Å². The first-order valence-electron chi connectivity index (χ1n) is 6.81. The van der Waals surface area contributed by atoms with E-state index in [1.165, 1.54) is 18.2 Å². The van der Waals surface area contributed by atoms with Gasteiger partial charge in [0.15, 0.2) is 0 Å². The van der Waals surface area contributed by atoms with Crippen LogP contribution in [0.25, 0.3) is 0 Å². The van der Waals surface area contributed by atoms with Crippen LogP contribution in [-0.2, 0) is 6.61 Å². The molecule has 2 aromatic rings. The Morgan fingerprint density at radius 3 is 2.57 bits per heavy atom. The van der Waals surface area contributed by atoms with Gasteiger partial charge in [0.05, 0.1) is 11.6 Å². The lowest BCUT2D eigenvalue weighted by Gasteiger charge is -2.11. The van der Waals surface area contributed by atoms with Gasteiger partial charge in [-0.15, -0.1) is 0 Å². The molecule has 2 aromatic carbocycles. The normalized spacial score (nSPS) is 11.7.